The molecule has 0 aliphatic carbocycles. The van der Waals surface area contributed by atoms with Crippen LogP contribution in [0.3, 0.4) is 0 Å². The minimum absolute atomic E-state index is 0.0263. The average molecular weight is 447 g/mol. The molecule has 5 nitrogen and oxygen atoms in total. The maximum Gasteiger partial charge on any atom is 0.272 e. The van der Waals surface area contributed by atoms with Crippen LogP contribution in [0.15, 0.2) is 54.7 Å². The Kier molecular flexibility index (Phi) is 6.06. The molecule has 3 aromatic rings. The van der Waals surface area contributed by atoms with Gasteiger partial charge in [-0.2, -0.15) is 0 Å². The number of para-hydroxylation sites is 1. The van der Waals surface area contributed by atoms with Crippen molar-refractivity contribution in [3.05, 3.63) is 80.8 Å². The van der Waals surface area contributed by atoms with E-state index in [0.717, 1.165) is 24.3 Å². The molecule has 4 rings (SSSR count). The van der Waals surface area contributed by atoms with Gasteiger partial charge in [0, 0.05) is 44.6 Å². The number of carbonyl (C=O) groups excluding carboxylic acids is 1. The van der Waals surface area contributed by atoms with Crippen molar-refractivity contribution in [2.24, 2.45) is 0 Å². The Balaban J connectivity index is 1.45. The van der Waals surface area contributed by atoms with E-state index in [1.54, 1.807) is 16.8 Å². The van der Waals surface area contributed by atoms with Crippen LogP contribution < -0.4 is 0 Å². The number of carbonyl (C=O) groups is 1. The molecule has 2 heterocycles. The highest BCUT2D eigenvalue weighted by Crippen LogP contribution is 2.27. The van der Waals surface area contributed by atoms with E-state index >= 15 is 0 Å². The lowest BCUT2D eigenvalue weighted by atomic mass is 10.2. The molecular weight excluding hydrogens is 427 g/mol. The van der Waals surface area contributed by atoms with E-state index in [1.807, 2.05) is 47.4 Å². The highest BCUT2D eigenvalue weighted by molar-refractivity contribution is 7.71. The van der Waals surface area contributed by atoms with Crippen molar-refractivity contribution < 1.29 is 4.79 Å². The van der Waals surface area contributed by atoms with E-state index < -0.39 is 0 Å². The van der Waals surface area contributed by atoms with E-state index in [-0.39, 0.29) is 5.91 Å². The molecule has 0 spiro atoms. The fraction of sp³-hybridized carbons (Fsp3) is 0.238. The fourth-order valence-corrected chi connectivity index (χ4v) is 4.18. The van der Waals surface area contributed by atoms with Crippen LogP contribution in [0.4, 0.5) is 0 Å². The van der Waals surface area contributed by atoms with Gasteiger partial charge in [0.2, 0.25) is 0 Å². The van der Waals surface area contributed by atoms with Gasteiger partial charge in [-0.25, -0.2) is 0 Å². The molecule has 0 atom stereocenters. The van der Waals surface area contributed by atoms with Gasteiger partial charge in [-0.05, 0) is 36.0 Å². The largest absolute Gasteiger partial charge is 0.336 e. The van der Waals surface area contributed by atoms with Crippen LogP contribution in [0, 0.1) is 4.77 Å². The zero-order chi connectivity index (χ0) is 20.4. The Labute approximate surface area is 184 Å². The van der Waals surface area contributed by atoms with Gasteiger partial charge in [-0.3, -0.25) is 14.3 Å². The number of nitrogens with zero attached hydrogens (tertiary/aromatic N) is 3. The summed E-state index contributed by atoms with van der Waals surface area (Å²) in [5.74, 6) is -0.0263. The second-order valence-corrected chi connectivity index (χ2v) is 8.10. The summed E-state index contributed by atoms with van der Waals surface area (Å²) in [4.78, 5) is 20.3. The number of aromatic nitrogens is 2. The Hall–Kier alpha value is -2.12. The molecule has 0 unspecified atom stereocenters. The smallest absolute Gasteiger partial charge is 0.272 e. The predicted molar refractivity (Wildman–Crippen MR) is 119 cm³/mol. The number of rotatable bonds is 4. The highest BCUT2D eigenvalue weighted by Gasteiger charge is 2.25. The van der Waals surface area contributed by atoms with E-state index in [9.17, 15) is 4.79 Å². The molecule has 1 N–H and O–H groups in total. The maximum atomic E-state index is 13.2. The van der Waals surface area contributed by atoms with Gasteiger partial charge >= 0.3 is 0 Å². The van der Waals surface area contributed by atoms with Gasteiger partial charge in [0.25, 0.3) is 5.91 Å². The standard InChI is InChI=1S/C21H20Cl2N4OS/c22-17-8-4-5-15(19(17)23)14-25-9-11-26(12-10-25)20(28)18-13-24-21(29)27(18)16-6-2-1-3-7-16/h1-8,13H,9-12,14H2,(H,24,29). The Bertz CT molecular complexity index is 1070. The van der Waals surface area contributed by atoms with E-state index in [4.69, 9.17) is 35.4 Å². The van der Waals surface area contributed by atoms with E-state index in [2.05, 4.69) is 9.88 Å². The lowest BCUT2D eigenvalue weighted by molar-refractivity contribution is 0.0620. The van der Waals surface area contributed by atoms with Crippen LogP contribution >= 0.6 is 35.4 Å². The van der Waals surface area contributed by atoms with Crippen LogP contribution in [0.5, 0.6) is 0 Å². The number of H-pyrrole nitrogens is 1. The molecule has 1 aliphatic heterocycles. The van der Waals surface area contributed by atoms with Gasteiger partial charge in [0.05, 0.1) is 10.0 Å². The number of halogens is 2. The molecule has 0 radical (unpaired) electrons. The quantitative estimate of drug-likeness (QED) is 0.585. The molecule has 1 aromatic heterocycles. The van der Waals surface area contributed by atoms with Crippen LogP contribution in [0.25, 0.3) is 5.69 Å². The van der Waals surface area contributed by atoms with Gasteiger partial charge in [0.1, 0.15) is 5.69 Å². The molecule has 1 amide bonds. The third-order valence-electron chi connectivity index (χ3n) is 5.09. The summed E-state index contributed by atoms with van der Waals surface area (Å²) in [5, 5.41) is 1.16. The fourth-order valence-electron chi connectivity index (χ4n) is 3.54. The van der Waals surface area contributed by atoms with Crippen molar-refractivity contribution in [3.63, 3.8) is 0 Å². The number of hydrogen-bond acceptors (Lipinski definition) is 3. The van der Waals surface area contributed by atoms with Gasteiger partial charge in [-0.15, -0.1) is 0 Å². The van der Waals surface area contributed by atoms with Crippen molar-refractivity contribution in [3.8, 4) is 5.69 Å². The zero-order valence-electron chi connectivity index (χ0n) is 15.6. The van der Waals surface area contributed by atoms with Crippen LogP contribution in [0.1, 0.15) is 16.1 Å². The summed E-state index contributed by atoms with van der Waals surface area (Å²) < 4.78 is 2.30. The summed E-state index contributed by atoms with van der Waals surface area (Å²) in [7, 11) is 0. The predicted octanol–water partition coefficient (Wildman–Crippen LogP) is 4.80. The Morgan fingerprint density at radius 1 is 1.00 bits per heavy atom. The number of nitrogens with one attached hydrogen (secondary N) is 1. The monoisotopic (exact) mass is 446 g/mol. The molecule has 29 heavy (non-hydrogen) atoms. The SMILES string of the molecule is O=C(c1c[nH]c(=S)n1-c1ccccc1)N1CCN(Cc2cccc(Cl)c2Cl)CC1. The Morgan fingerprint density at radius 2 is 1.72 bits per heavy atom. The van der Waals surface area contributed by atoms with Crippen molar-refractivity contribution in [1.29, 1.82) is 0 Å². The molecule has 1 fully saturated rings. The minimum atomic E-state index is -0.0263. The second-order valence-electron chi connectivity index (χ2n) is 6.93. The topological polar surface area (TPSA) is 44.3 Å². The van der Waals surface area contributed by atoms with Crippen LogP contribution in [0.2, 0.25) is 10.0 Å². The van der Waals surface area contributed by atoms with Gasteiger partial charge in [0.15, 0.2) is 4.77 Å². The van der Waals surface area contributed by atoms with Crippen molar-refractivity contribution in [2.45, 2.75) is 6.54 Å². The summed E-state index contributed by atoms with van der Waals surface area (Å²) in [6.45, 7) is 3.54. The first kappa shape index (κ1) is 20.2. The first-order valence-electron chi connectivity index (χ1n) is 9.35. The summed E-state index contributed by atoms with van der Waals surface area (Å²) in [6, 6.07) is 15.3. The molecule has 0 saturated carbocycles. The van der Waals surface area contributed by atoms with E-state index in [0.29, 0.717) is 40.1 Å². The van der Waals surface area contributed by atoms with E-state index in [1.165, 1.54) is 0 Å². The molecular formula is C21H20Cl2N4OS. The zero-order valence-corrected chi connectivity index (χ0v) is 18.0. The number of amides is 1. The first-order chi connectivity index (χ1) is 14.0. The number of imidazole rings is 1. The number of piperazine rings is 1. The summed E-state index contributed by atoms with van der Waals surface area (Å²) >= 11 is 17.8. The second kappa shape index (κ2) is 8.71. The lowest BCUT2D eigenvalue weighted by Crippen LogP contribution is -2.48. The van der Waals surface area contributed by atoms with Crippen LogP contribution in [-0.2, 0) is 6.54 Å². The summed E-state index contributed by atoms with van der Waals surface area (Å²) in [5.41, 5.74) is 2.42. The third-order valence-corrected chi connectivity index (χ3v) is 6.25. The van der Waals surface area contributed by atoms with Crippen LogP contribution in [-0.4, -0.2) is 51.4 Å². The molecule has 1 saturated heterocycles. The normalized spacial score (nSPS) is 14.9. The Morgan fingerprint density at radius 3 is 2.45 bits per heavy atom. The van der Waals surface area contributed by atoms with Gasteiger partial charge in [-0.1, -0.05) is 53.5 Å². The van der Waals surface area contributed by atoms with Crippen molar-refractivity contribution in [1.82, 2.24) is 19.4 Å². The highest BCUT2D eigenvalue weighted by atomic mass is 35.5. The lowest BCUT2D eigenvalue weighted by Gasteiger charge is -2.35. The van der Waals surface area contributed by atoms with Gasteiger partial charge < -0.3 is 9.88 Å². The molecule has 8 heteroatoms. The first-order valence-corrected chi connectivity index (χ1v) is 10.5. The molecule has 150 valence electrons. The van der Waals surface area contributed by atoms with Crippen molar-refractivity contribution >= 4 is 41.3 Å². The molecule has 0 bridgehead atoms. The third kappa shape index (κ3) is 4.26. The summed E-state index contributed by atoms with van der Waals surface area (Å²) in [6.07, 6.45) is 1.69. The molecule has 1 aliphatic rings. The number of hydrogen-bond donors (Lipinski definition) is 1. The number of aromatic amines is 1. The minimum Gasteiger partial charge on any atom is -0.336 e. The molecule has 2 aromatic carbocycles. The average Bonchev–Trinajstić information content (AvgIpc) is 3.13. The number of benzene rings is 2. The maximum absolute atomic E-state index is 13.2. The van der Waals surface area contributed by atoms with Crippen molar-refractivity contribution in [2.75, 3.05) is 26.2 Å².